The molecule has 1 aromatic heterocycles. The second kappa shape index (κ2) is 7.76. The minimum atomic E-state index is -1.24. The molecule has 2 rings (SSSR count). The second-order valence-corrected chi connectivity index (χ2v) is 6.66. The number of nitrogens with zero attached hydrogens (tertiary/aromatic N) is 2. The molecule has 0 aliphatic heterocycles. The number of thioether (sulfide) groups is 1. The molecule has 23 heavy (non-hydrogen) atoms. The first-order valence-corrected chi connectivity index (χ1v) is 8.47. The Balaban J connectivity index is 1.97. The molecule has 2 N–H and O–H groups in total. The van der Waals surface area contributed by atoms with E-state index in [4.69, 9.17) is 16.7 Å². The topological polar surface area (TPSA) is 92.2 Å². The molecule has 0 aliphatic rings. The van der Waals surface area contributed by atoms with Crippen LogP contribution in [-0.2, 0) is 4.79 Å². The standard InChI is InChI=1S/C14H11BrClN3O3S/c1-7-4-8(2-3-9(7)15)18-11(20)6-23-14-17-5-10(16)12(19-14)13(21)22/h2-5H,6H2,1H3,(H,18,20)(H,21,22). The van der Waals surface area contributed by atoms with Crippen LogP contribution in [0.25, 0.3) is 0 Å². The summed E-state index contributed by atoms with van der Waals surface area (Å²) in [6, 6.07) is 5.47. The molecule has 0 saturated heterocycles. The third-order valence-electron chi connectivity index (χ3n) is 2.70. The lowest BCUT2D eigenvalue weighted by molar-refractivity contribution is -0.113. The Morgan fingerprint density at radius 3 is 2.83 bits per heavy atom. The van der Waals surface area contributed by atoms with Gasteiger partial charge in [-0.15, -0.1) is 0 Å². The van der Waals surface area contributed by atoms with Crippen LogP contribution in [0.5, 0.6) is 0 Å². The maximum atomic E-state index is 11.9. The van der Waals surface area contributed by atoms with Gasteiger partial charge in [0.2, 0.25) is 5.91 Å². The molecule has 1 aromatic carbocycles. The molecule has 6 nitrogen and oxygen atoms in total. The van der Waals surface area contributed by atoms with Gasteiger partial charge in [-0.3, -0.25) is 4.79 Å². The summed E-state index contributed by atoms with van der Waals surface area (Å²) in [5.41, 5.74) is 1.40. The first-order chi connectivity index (χ1) is 10.9. The molecule has 1 heterocycles. The number of benzene rings is 1. The van der Waals surface area contributed by atoms with E-state index in [-0.39, 0.29) is 27.5 Å². The van der Waals surface area contributed by atoms with Crippen LogP contribution in [0.3, 0.4) is 0 Å². The largest absolute Gasteiger partial charge is 0.476 e. The van der Waals surface area contributed by atoms with Crippen LogP contribution in [0, 0.1) is 6.92 Å². The number of rotatable bonds is 5. The quantitative estimate of drug-likeness (QED) is 0.571. The Kier molecular flexibility index (Phi) is 5.97. The van der Waals surface area contributed by atoms with Crippen LogP contribution in [0.4, 0.5) is 5.69 Å². The molecule has 0 saturated carbocycles. The van der Waals surface area contributed by atoms with Crippen LogP contribution in [0.15, 0.2) is 34.0 Å². The summed E-state index contributed by atoms with van der Waals surface area (Å²) in [7, 11) is 0. The molecular formula is C14H11BrClN3O3S. The van der Waals surface area contributed by atoms with E-state index in [0.29, 0.717) is 5.69 Å². The second-order valence-electron chi connectivity index (χ2n) is 4.46. The van der Waals surface area contributed by atoms with Crippen LogP contribution in [-0.4, -0.2) is 32.7 Å². The minimum absolute atomic E-state index is 0.0448. The summed E-state index contributed by atoms with van der Waals surface area (Å²) in [5.74, 6) is -1.43. The van der Waals surface area contributed by atoms with Crippen molar-refractivity contribution < 1.29 is 14.7 Å². The fourth-order valence-corrected chi connectivity index (χ4v) is 2.65. The van der Waals surface area contributed by atoms with E-state index in [1.165, 1.54) is 6.20 Å². The molecule has 0 aliphatic carbocycles. The number of aryl methyl sites for hydroxylation is 1. The van der Waals surface area contributed by atoms with Crippen LogP contribution >= 0.6 is 39.3 Å². The lowest BCUT2D eigenvalue weighted by atomic mass is 10.2. The van der Waals surface area contributed by atoms with Crippen molar-refractivity contribution in [2.45, 2.75) is 12.1 Å². The molecular weight excluding hydrogens is 406 g/mol. The van der Waals surface area contributed by atoms with Crippen molar-refractivity contribution in [3.8, 4) is 0 Å². The number of aromatic nitrogens is 2. The van der Waals surface area contributed by atoms with Gasteiger partial charge in [0.15, 0.2) is 10.9 Å². The molecule has 9 heteroatoms. The third-order valence-corrected chi connectivity index (χ3v) is 4.73. The average molecular weight is 417 g/mol. The van der Waals surface area contributed by atoms with E-state index in [9.17, 15) is 9.59 Å². The minimum Gasteiger partial charge on any atom is -0.476 e. The Morgan fingerprint density at radius 1 is 1.43 bits per heavy atom. The van der Waals surface area contributed by atoms with E-state index < -0.39 is 5.97 Å². The fourth-order valence-electron chi connectivity index (χ4n) is 1.62. The predicted octanol–water partition coefficient (Wildman–Crippen LogP) is 3.63. The highest BCUT2D eigenvalue weighted by atomic mass is 79.9. The number of carbonyl (C=O) groups is 2. The molecule has 0 radical (unpaired) electrons. The molecule has 2 aromatic rings. The Bertz CT molecular complexity index is 773. The summed E-state index contributed by atoms with van der Waals surface area (Å²) >= 11 is 10.1. The van der Waals surface area contributed by atoms with Crippen molar-refractivity contribution in [3.05, 3.63) is 45.1 Å². The number of aromatic carboxylic acids is 1. The van der Waals surface area contributed by atoms with Crippen molar-refractivity contribution in [2.75, 3.05) is 11.1 Å². The van der Waals surface area contributed by atoms with E-state index in [1.807, 2.05) is 19.1 Å². The van der Waals surface area contributed by atoms with E-state index in [1.54, 1.807) is 6.07 Å². The zero-order chi connectivity index (χ0) is 17.0. The number of carbonyl (C=O) groups excluding carboxylic acids is 1. The van der Waals surface area contributed by atoms with Gasteiger partial charge in [0.1, 0.15) is 0 Å². The highest BCUT2D eigenvalue weighted by Gasteiger charge is 2.14. The average Bonchev–Trinajstić information content (AvgIpc) is 2.50. The first-order valence-electron chi connectivity index (χ1n) is 6.31. The summed E-state index contributed by atoms with van der Waals surface area (Å²) in [6.07, 6.45) is 1.20. The smallest absolute Gasteiger partial charge is 0.356 e. The summed E-state index contributed by atoms with van der Waals surface area (Å²) in [5, 5.41) is 11.8. The number of anilines is 1. The maximum absolute atomic E-state index is 11.9. The number of halogens is 2. The van der Waals surface area contributed by atoms with Gasteiger partial charge in [-0.2, -0.15) is 0 Å². The highest BCUT2D eigenvalue weighted by molar-refractivity contribution is 9.10. The maximum Gasteiger partial charge on any atom is 0.356 e. The SMILES string of the molecule is Cc1cc(NC(=O)CSc2ncc(Cl)c(C(=O)O)n2)ccc1Br. The zero-order valence-corrected chi connectivity index (χ0v) is 15.0. The summed E-state index contributed by atoms with van der Waals surface area (Å²) in [4.78, 5) is 30.6. The molecule has 0 fully saturated rings. The van der Waals surface area contributed by atoms with Crippen molar-refractivity contribution in [1.29, 1.82) is 0 Å². The number of amides is 1. The van der Waals surface area contributed by atoms with E-state index >= 15 is 0 Å². The highest BCUT2D eigenvalue weighted by Crippen LogP contribution is 2.21. The molecule has 0 atom stereocenters. The van der Waals surface area contributed by atoms with Crippen LogP contribution in [0.2, 0.25) is 5.02 Å². The Hall–Kier alpha value is -1.64. The van der Waals surface area contributed by atoms with Gasteiger partial charge in [0, 0.05) is 10.2 Å². The molecule has 0 unspecified atom stereocenters. The number of carboxylic acid groups (broad SMARTS) is 1. The number of carboxylic acids is 1. The third kappa shape index (κ3) is 4.92. The van der Waals surface area contributed by atoms with Gasteiger partial charge >= 0.3 is 5.97 Å². The van der Waals surface area contributed by atoms with Gasteiger partial charge in [-0.05, 0) is 30.7 Å². The lowest BCUT2D eigenvalue weighted by Gasteiger charge is -2.07. The number of hydrogen-bond donors (Lipinski definition) is 2. The van der Waals surface area contributed by atoms with E-state index in [0.717, 1.165) is 21.8 Å². The van der Waals surface area contributed by atoms with Gasteiger partial charge in [-0.25, -0.2) is 14.8 Å². The van der Waals surface area contributed by atoms with Gasteiger partial charge < -0.3 is 10.4 Å². The van der Waals surface area contributed by atoms with Crippen LogP contribution < -0.4 is 5.32 Å². The number of nitrogens with one attached hydrogen (secondary N) is 1. The number of hydrogen-bond acceptors (Lipinski definition) is 5. The summed E-state index contributed by atoms with van der Waals surface area (Å²) < 4.78 is 0.959. The monoisotopic (exact) mass is 415 g/mol. The van der Waals surface area contributed by atoms with Crippen molar-refractivity contribution in [2.24, 2.45) is 0 Å². The zero-order valence-electron chi connectivity index (χ0n) is 11.8. The van der Waals surface area contributed by atoms with Gasteiger partial charge in [-0.1, -0.05) is 39.3 Å². The molecule has 0 spiro atoms. The molecule has 120 valence electrons. The molecule has 1 amide bonds. The van der Waals surface area contributed by atoms with Crippen molar-refractivity contribution in [1.82, 2.24) is 9.97 Å². The van der Waals surface area contributed by atoms with Gasteiger partial charge in [0.25, 0.3) is 0 Å². The van der Waals surface area contributed by atoms with Crippen molar-refractivity contribution in [3.63, 3.8) is 0 Å². The Labute approximate surface area is 149 Å². The van der Waals surface area contributed by atoms with E-state index in [2.05, 4.69) is 31.2 Å². The molecule has 0 bridgehead atoms. The van der Waals surface area contributed by atoms with Gasteiger partial charge in [0.05, 0.1) is 17.0 Å². The van der Waals surface area contributed by atoms with Crippen molar-refractivity contribution >= 4 is 56.9 Å². The van der Waals surface area contributed by atoms with Crippen LogP contribution in [0.1, 0.15) is 16.1 Å². The lowest BCUT2D eigenvalue weighted by Crippen LogP contribution is -2.14. The first kappa shape index (κ1) is 17.7. The normalized spacial score (nSPS) is 10.4. The predicted molar refractivity (Wildman–Crippen MR) is 92.2 cm³/mol. The Morgan fingerprint density at radius 2 is 2.17 bits per heavy atom. The summed E-state index contributed by atoms with van der Waals surface area (Å²) in [6.45, 7) is 1.92. The fraction of sp³-hybridized carbons (Fsp3) is 0.143.